The number of aromatic nitrogens is 3. The lowest BCUT2D eigenvalue weighted by molar-refractivity contribution is -0.141. The molecule has 1 aromatic carbocycles. The van der Waals surface area contributed by atoms with E-state index in [9.17, 15) is 23.1 Å². The van der Waals surface area contributed by atoms with E-state index >= 15 is 0 Å². The average molecular weight is 417 g/mol. The highest BCUT2D eigenvalue weighted by molar-refractivity contribution is 5.95. The number of aromatic carboxylic acids is 1. The number of nitrogens with one attached hydrogen (secondary N) is 1. The van der Waals surface area contributed by atoms with Gasteiger partial charge in [0.2, 0.25) is 5.95 Å². The lowest BCUT2D eigenvalue weighted by Crippen LogP contribution is -2.15. The van der Waals surface area contributed by atoms with Gasteiger partial charge in [0.05, 0.1) is 0 Å². The van der Waals surface area contributed by atoms with Crippen LogP contribution < -0.4 is 10.2 Å². The van der Waals surface area contributed by atoms with E-state index in [1.807, 2.05) is 6.07 Å². The molecule has 0 aliphatic carbocycles. The second-order valence-electron chi connectivity index (χ2n) is 6.77. The normalized spacial score (nSPS) is 11.3. The van der Waals surface area contributed by atoms with E-state index in [1.165, 1.54) is 6.07 Å². The molecule has 0 fully saturated rings. The van der Waals surface area contributed by atoms with Crippen LogP contribution in [0.25, 0.3) is 11.1 Å². The number of benzene rings is 1. The number of aryl methyl sites for hydroxylation is 1. The van der Waals surface area contributed by atoms with Crippen molar-refractivity contribution in [3.63, 3.8) is 0 Å². The molecule has 30 heavy (non-hydrogen) atoms. The van der Waals surface area contributed by atoms with Gasteiger partial charge < -0.3 is 15.3 Å². The number of carboxylic acid groups (broad SMARTS) is 1. The molecule has 0 saturated carbocycles. The summed E-state index contributed by atoms with van der Waals surface area (Å²) in [7, 11) is 3.39. The molecule has 156 valence electrons. The third-order valence-corrected chi connectivity index (χ3v) is 4.13. The SMILES string of the molecule is Cc1cc(Nc2nccc(C(F)(F)F)n2)cc(-c2cnc(N(C)C)c(C(=O)O)c2)c1. The summed E-state index contributed by atoms with van der Waals surface area (Å²) in [5, 5.41) is 12.3. The minimum Gasteiger partial charge on any atom is -0.478 e. The van der Waals surface area contributed by atoms with E-state index in [0.717, 1.165) is 17.8 Å². The van der Waals surface area contributed by atoms with Gasteiger partial charge in [-0.25, -0.2) is 19.7 Å². The number of alkyl halides is 3. The topological polar surface area (TPSA) is 91.2 Å². The van der Waals surface area contributed by atoms with Crippen LogP contribution in [0.4, 0.5) is 30.6 Å². The van der Waals surface area contributed by atoms with Gasteiger partial charge in [-0.05, 0) is 42.3 Å². The molecule has 0 spiro atoms. The molecular formula is C20H18F3N5O2. The number of rotatable bonds is 5. The van der Waals surface area contributed by atoms with Gasteiger partial charge >= 0.3 is 12.1 Å². The van der Waals surface area contributed by atoms with Crippen LogP contribution in [0, 0.1) is 6.92 Å². The van der Waals surface area contributed by atoms with Crippen molar-refractivity contribution in [1.82, 2.24) is 15.0 Å². The van der Waals surface area contributed by atoms with Gasteiger partial charge in [0.1, 0.15) is 17.1 Å². The summed E-state index contributed by atoms with van der Waals surface area (Å²) in [6, 6.07) is 7.49. The van der Waals surface area contributed by atoms with E-state index in [4.69, 9.17) is 0 Å². The van der Waals surface area contributed by atoms with E-state index in [0.29, 0.717) is 22.6 Å². The van der Waals surface area contributed by atoms with Gasteiger partial charge in [0, 0.05) is 37.7 Å². The predicted octanol–water partition coefficient (Wildman–Crippen LogP) is 4.37. The number of anilines is 3. The molecule has 0 aliphatic heterocycles. The highest BCUT2D eigenvalue weighted by Crippen LogP contribution is 2.30. The Kier molecular flexibility index (Phi) is 5.59. The van der Waals surface area contributed by atoms with Crippen LogP contribution in [-0.4, -0.2) is 40.1 Å². The fourth-order valence-electron chi connectivity index (χ4n) is 2.86. The van der Waals surface area contributed by atoms with Gasteiger partial charge in [-0.3, -0.25) is 0 Å². The number of nitrogens with zero attached hydrogens (tertiary/aromatic N) is 4. The molecule has 2 aromatic heterocycles. The average Bonchev–Trinajstić information content (AvgIpc) is 2.66. The fourth-order valence-corrected chi connectivity index (χ4v) is 2.86. The fraction of sp³-hybridized carbons (Fsp3) is 0.200. The second kappa shape index (κ2) is 7.97. The van der Waals surface area contributed by atoms with Crippen molar-refractivity contribution in [3.8, 4) is 11.1 Å². The van der Waals surface area contributed by atoms with E-state index in [2.05, 4.69) is 20.3 Å². The Hall–Kier alpha value is -3.69. The highest BCUT2D eigenvalue weighted by atomic mass is 19.4. The van der Waals surface area contributed by atoms with Crippen LogP contribution in [0.3, 0.4) is 0 Å². The zero-order chi connectivity index (χ0) is 22.1. The summed E-state index contributed by atoms with van der Waals surface area (Å²) in [5.74, 6) is -1.00. The zero-order valence-electron chi connectivity index (χ0n) is 16.3. The van der Waals surface area contributed by atoms with Gasteiger partial charge in [0.25, 0.3) is 0 Å². The predicted molar refractivity (Wildman–Crippen MR) is 106 cm³/mol. The molecule has 0 bridgehead atoms. The van der Waals surface area contributed by atoms with Crippen molar-refractivity contribution in [2.75, 3.05) is 24.3 Å². The van der Waals surface area contributed by atoms with Gasteiger partial charge in [-0.15, -0.1) is 0 Å². The number of carbonyl (C=O) groups is 1. The summed E-state index contributed by atoms with van der Waals surface area (Å²) in [6.07, 6.45) is -2.01. The maximum Gasteiger partial charge on any atom is 0.433 e. The quantitative estimate of drug-likeness (QED) is 0.637. The maximum absolute atomic E-state index is 12.9. The summed E-state index contributed by atoms with van der Waals surface area (Å²) >= 11 is 0. The summed E-state index contributed by atoms with van der Waals surface area (Å²) in [5.41, 5.74) is 1.44. The summed E-state index contributed by atoms with van der Waals surface area (Å²) in [6.45, 7) is 1.81. The Balaban J connectivity index is 1.99. The Morgan fingerprint density at radius 3 is 2.47 bits per heavy atom. The third-order valence-electron chi connectivity index (χ3n) is 4.13. The highest BCUT2D eigenvalue weighted by Gasteiger charge is 2.32. The first-order valence-electron chi connectivity index (χ1n) is 8.74. The molecule has 0 unspecified atom stereocenters. The zero-order valence-corrected chi connectivity index (χ0v) is 16.3. The van der Waals surface area contributed by atoms with Crippen LogP contribution in [0.15, 0.2) is 42.7 Å². The molecule has 0 aliphatic rings. The lowest BCUT2D eigenvalue weighted by atomic mass is 10.0. The van der Waals surface area contributed by atoms with Crippen molar-refractivity contribution in [2.24, 2.45) is 0 Å². The van der Waals surface area contributed by atoms with Crippen LogP contribution in [-0.2, 0) is 6.18 Å². The van der Waals surface area contributed by atoms with Crippen molar-refractivity contribution >= 4 is 23.4 Å². The Morgan fingerprint density at radius 1 is 1.10 bits per heavy atom. The number of hydrogen-bond acceptors (Lipinski definition) is 6. The largest absolute Gasteiger partial charge is 0.478 e. The first-order chi connectivity index (χ1) is 14.0. The van der Waals surface area contributed by atoms with Crippen molar-refractivity contribution in [3.05, 3.63) is 59.5 Å². The smallest absolute Gasteiger partial charge is 0.433 e. The minimum absolute atomic E-state index is 0.0368. The first-order valence-corrected chi connectivity index (χ1v) is 8.74. The molecule has 2 heterocycles. The Bertz CT molecular complexity index is 1100. The molecule has 3 rings (SSSR count). The van der Waals surface area contributed by atoms with Crippen molar-refractivity contribution < 1.29 is 23.1 Å². The minimum atomic E-state index is -4.58. The first kappa shape index (κ1) is 21.0. The van der Waals surface area contributed by atoms with E-state index in [1.54, 1.807) is 44.2 Å². The molecule has 0 radical (unpaired) electrons. The summed E-state index contributed by atoms with van der Waals surface area (Å²) < 4.78 is 38.6. The van der Waals surface area contributed by atoms with Crippen LogP contribution in [0.5, 0.6) is 0 Å². The maximum atomic E-state index is 12.9. The molecule has 0 atom stereocenters. The van der Waals surface area contributed by atoms with Crippen molar-refractivity contribution in [2.45, 2.75) is 13.1 Å². The van der Waals surface area contributed by atoms with Gasteiger partial charge in [-0.1, -0.05) is 6.07 Å². The summed E-state index contributed by atoms with van der Waals surface area (Å²) in [4.78, 5) is 24.8. The van der Waals surface area contributed by atoms with Gasteiger partial charge in [-0.2, -0.15) is 13.2 Å². The molecule has 0 amide bonds. The lowest BCUT2D eigenvalue weighted by Gasteiger charge is -2.15. The molecule has 2 N–H and O–H groups in total. The number of hydrogen-bond donors (Lipinski definition) is 2. The second-order valence-corrected chi connectivity index (χ2v) is 6.77. The third kappa shape index (κ3) is 4.65. The van der Waals surface area contributed by atoms with Crippen LogP contribution >= 0.6 is 0 Å². The monoisotopic (exact) mass is 417 g/mol. The van der Waals surface area contributed by atoms with E-state index < -0.39 is 17.8 Å². The Morgan fingerprint density at radius 2 is 1.83 bits per heavy atom. The van der Waals surface area contributed by atoms with Crippen LogP contribution in [0.2, 0.25) is 0 Å². The van der Waals surface area contributed by atoms with Gasteiger partial charge in [0.15, 0.2) is 0 Å². The van der Waals surface area contributed by atoms with Crippen LogP contribution in [0.1, 0.15) is 21.6 Å². The molecule has 0 saturated heterocycles. The number of halogens is 3. The number of pyridine rings is 1. The molecule has 7 nitrogen and oxygen atoms in total. The van der Waals surface area contributed by atoms with E-state index in [-0.39, 0.29) is 11.5 Å². The molecule has 10 heteroatoms. The standard InChI is InChI=1S/C20H18F3N5O2/c1-11-6-12(13-9-15(18(29)30)17(25-10-13)28(2)3)8-14(7-11)26-19-24-5-4-16(27-19)20(21,22)23/h4-10H,1-3H3,(H,29,30)(H,24,26,27). The molecule has 3 aromatic rings. The van der Waals surface area contributed by atoms with Crippen molar-refractivity contribution in [1.29, 1.82) is 0 Å². The number of carboxylic acids is 1. The molecular weight excluding hydrogens is 399 g/mol. The Labute approximate surface area is 170 Å².